The Morgan fingerprint density at radius 2 is 1.79 bits per heavy atom. The number of ether oxygens (including phenoxy) is 1. The number of fused-ring (bicyclic) bond motifs is 2. The van der Waals surface area contributed by atoms with E-state index in [4.69, 9.17) is 16.3 Å². The summed E-state index contributed by atoms with van der Waals surface area (Å²) in [5.74, 6) is -0.789. The number of nitrogens with one attached hydrogen (secondary N) is 1. The maximum atomic E-state index is 13.8. The first-order valence-electron chi connectivity index (χ1n) is 13.5. The number of hydrazine groups is 1. The van der Waals surface area contributed by atoms with Gasteiger partial charge in [-0.25, -0.2) is 18.4 Å². The summed E-state index contributed by atoms with van der Waals surface area (Å²) in [6.07, 6.45) is 0.764. The number of amides is 2. The molecule has 1 N–H and O–H groups in total. The third-order valence-corrected chi connectivity index (χ3v) is 10.9. The van der Waals surface area contributed by atoms with Crippen LogP contribution in [0.2, 0.25) is 5.02 Å². The van der Waals surface area contributed by atoms with Crippen molar-refractivity contribution in [2.24, 2.45) is 0 Å². The van der Waals surface area contributed by atoms with Gasteiger partial charge in [-0.05, 0) is 42.1 Å². The van der Waals surface area contributed by atoms with Crippen LogP contribution in [0.5, 0.6) is 0 Å². The van der Waals surface area contributed by atoms with Crippen molar-refractivity contribution in [3.63, 3.8) is 0 Å². The van der Waals surface area contributed by atoms with Crippen molar-refractivity contribution in [3.8, 4) is 0 Å². The molecule has 15 heteroatoms. The number of rotatable bonds is 5. The Morgan fingerprint density at radius 3 is 2.57 bits per heavy atom. The monoisotopic (exact) mass is 654 g/mol. The molecule has 226 valence electrons. The smallest absolute Gasteiger partial charge is 0.283 e. The standard InChI is InChI=1S/C27H31ClN6O5S2.ClH/c1-31-7-6-22-24(17-31)40-26(29-22)27(36)34-9-8-33(16-23(34)25(35)30-32-10-12-39-13-11-32)41(37,38)21-5-3-18-14-20(28)4-2-19(18)15-21;/h2-5,14-15,23H,6-13,16-17H2,1H3,(H,30,35);1H. The van der Waals surface area contributed by atoms with Crippen molar-refractivity contribution >= 4 is 68.0 Å². The number of hydrogen-bond acceptors (Lipinski definition) is 9. The molecule has 1 unspecified atom stereocenters. The van der Waals surface area contributed by atoms with Gasteiger partial charge in [-0.15, -0.1) is 23.7 Å². The van der Waals surface area contributed by atoms with E-state index in [-0.39, 0.29) is 42.8 Å². The minimum absolute atomic E-state index is 0. The molecule has 3 aromatic rings. The Bertz CT molecular complexity index is 1600. The van der Waals surface area contributed by atoms with E-state index in [1.807, 2.05) is 7.05 Å². The summed E-state index contributed by atoms with van der Waals surface area (Å²) in [5.41, 5.74) is 3.80. The highest BCUT2D eigenvalue weighted by Gasteiger charge is 2.41. The molecular formula is C27H32Cl2N6O5S2. The van der Waals surface area contributed by atoms with Gasteiger partial charge < -0.3 is 14.5 Å². The number of likely N-dealkylation sites (N-methyl/N-ethyl adjacent to an activating group) is 1. The van der Waals surface area contributed by atoms with Gasteiger partial charge >= 0.3 is 0 Å². The molecule has 3 aliphatic rings. The highest BCUT2D eigenvalue weighted by Crippen LogP contribution is 2.29. The van der Waals surface area contributed by atoms with Gasteiger partial charge in [0.05, 0.1) is 23.8 Å². The number of carbonyl (C=O) groups is 2. The minimum atomic E-state index is -3.96. The number of halogens is 2. The molecule has 0 radical (unpaired) electrons. The maximum absolute atomic E-state index is 13.8. The second-order valence-corrected chi connectivity index (χ2v) is 13.9. The lowest BCUT2D eigenvalue weighted by molar-refractivity contribution is -0.133. The van der Waals surface area contributed by atoms with Crippen LogP contribution in [-0.2, 0) is 32.5 Å². The number of nitrogens with zero attached hydrogens (tertiary/aromatic N) is 5. The number of morpholine rings is 1. The summed E-state index contributed by atoms with van der Waals surface area (Å²) >= 11 is 7.44. The summed E-state index contributed by atoms with van der Waals surface area (Å²) in [5, 5.41) is 4.21. The Labute approximate surface area is 259 Å². The van der Waals surface area contributed by atoms with Crippen LogP contribution < -0.4 is 5.43 Å². The lowest BCUT2D eigenvalue weighted by Crippen LogP contribution is -2.63. The average molecular weight is 656 g/mol. The first-order chi connectivity index (χ1) is 19.7. The van der Waals surface area contributed by atoms with Crippen LogP contribution >= 0.6 is 35.3 Å². The van der Waals surface area contributed by atoms with Crippen molar-refractivity contribution in [1.29, 1.82) is 0 Å². The first kappa shape index (κ1) is 31.1. The van der Waals surface area contributed by atoms with Crippen LogP contribution in [-0.4, -0.2) is 110 Å². The number of aromatic nitrogens is 1. The largest absolute Gasteiger partial charge is 0.379 e. The SMILES string of the molecule is CN1CCc2nc(C(=O)N3CCN(S(=O)(=O)c4ccc5cc(Cl)ccc5c4)CC3C(=O)NN3CCOCC3)sc2C1.Cl. The van der Waals surface area contributed by atoms with Crippen LogP contribution in [0.25, 0.3) is 10.8 Å². The molecule has 2 fully saturated rings. The minimum Gasteiger partial charge on any atom is -0.379 e. The molecule has 4 heterocycles. The molecule has 0 bridgehead atoms. The van der Waals surface area contributed by atoms with E-state index in [1.165, 1.54) is 20.5 Å². The summed E-state index contributed by atoms with van der Waals surface area (Å²) in [6, 6.07) is 9.11. The molecule has 11 nitrogen and oxygen atoms in total. The van der Waals surface area contributed by atoms with Crippen LogP contribution in [0.1, 0.15) is 20.4 Å². The van der Waals surface area contributed by atoms with E-state index in [0.29, 0.717) is 36.3 Å². The molecule has 2 aromatic carbocycles. The van der Waals surface area contributed by atoms with Crippen molar-refractivity contribution < 1.29 is 22.7 Å². The number of hydrogen-bond donors (Lipinski definition) is 1. The lowest BCUT2D eigenvalue weighted by atomic mass is 10.1. The van der Waals surface area contributed by atoms with E-state index in [0.717, 1.165) is 40.9 Å². The van der Waals surface area contributed by atoms with E-state index in [9.17, 15) is 18.0 Å². The molecule has 2 saturated heterocycles. The first-order valence-corrected chi connectivity index (χ1v) is 16.1. The summed E-state index contributed by atoms with van der Waals surface area (Å²) in [7, 11) is -1.93. The van der Waals surface area contributed by atoms with Crippen molar-refractivity contribution in [3.05, 3.63) is 57.0 Å². The summed E-state index contributed by atoms with van der Waals surface area (Å²) < 4.78 is 34.2. The highest BCUT2D eigenvalue weighted by molar-refractivity contribution is 7.89. The number of carbonyl (C=O) groups excluding carboxylic acids is 2. The van der Waals surface area contributed by atoms with Gasteiger partial charge in [0.25, 0.3) is 11.8 Å². The summed E-state index contributed by atoms with van der Waals surface area (Å²) in [6.45, 7) is 3.50. The zero-order chi connectivity index (χ0) is 28.7. The molecule has 3 aliphatic heterocycles. The van der Waals surface area contributed by atoms with Gasteiger partial charge in [0.15, 0.2) is 5.01 Å². The van der Waals surface area contributed by atoms with E-state index in [2.05, 4.69) is 15.3 Å². The number of sulfonamides is 1. The van der Waals surface area contributed by atoms with Crippen LogP contribution in [0, 0.1) is 0 Å². The fraction of sp³-hybridized carbons (Fsp3) is 0.444. The third-order valence-electron chi connectivity index (χ3n) is 7.70. The van der Waals surface area contributed by atoms with Crippen LogP contribution in [0.4, 0.5) is 0 Å². The third kappa shape index (κ3) is 6.29. The highest BCUT2D eigenvalue weighted by atomic mass is 35.5. The predicted octanol–water partition coefficient (Wildman–Crippen LogP) is 2.24. The molecule has 1 atom stereocenters. The predicted molar refractivity (Wildman–Crippen MR) is 162 cm³/mol. The molecular weight excluding hydrogens is 623 g/mol. The molecule has 6 rings (SSSR count). The molecule has 2 amide bonds. The number of benzene rings is 2. The van der Waals surface area contributed by atoms with Gasteiger partial charge in [-0.1, -0.05) is 23.7 Å². The molecule has 0 aliphatic carbocycles. The van der Waals surface area contributed by atoms with Gasteiger partial charge in [0.2, 0.25) is 10.0 Å². The Morgan fingerprint density at radius 1 is 1.05 bits per heavy atom. The van der Waals surface area contributed by atoms with E-state index < -0.39 is 22.0 Å². The van der Waals surface area contributed by atoms with Gasteiger partial charge in [0, 0.05) is 62.1 Å². The fourth-order valence-corrected chi connectivity index (χ4v) is 8.19. The van der Waals surface area contributed by atoms with Gasteiger partial charge in [-0.2, -0.15) is 4.31 Å². The van der Waals surface area contributed by atoms with Crippen LogP contribution in [0.3, 0.4) is 0 Å². The fourth-order valence-electron chi connectivity index (χ4n) is 5.39. The van der Waals surface area contributed by atoms with E-state index in [1.54, 1.807) is 41.4 Å². The van der Waals surface area contributed by atoms with Crippen molar-refractivity contribution in [2.75, 3.05) is 59.5 Å². The van der Waals surface area contributed by atoms with Crippen molar-refractivity contribution in [1.82, 2.24) is 29.5 Å². The second-order valence-electron chi connectivity index (χ2n) is 10.5. The second kappa shape index (κ2) is 12.7. The van der Waals surface area contributed by atoms with Crippen LogP contribution in [0.15, 0.2) is 41.3 Å². The van der Waals surface area contributed by atoms with Gasteiger partial charge in [-0.3, -0.25) is 15.0 Å². The maximum Gasteiger partial charge on any atom is 0.283 e. The number of thiazole rings is 1. The average Bonchev–Trinajstić information content (AvgIpc) is 3.40. The van der Waals surface area contributed by atoms with E-state index >= 15 is 0 Å². The molecule has 1 aromatic heterocycles. The molecule has 0 spiro atoms. The zero-order valence-electron chi connectivity index (χ0n) is 23.0. The lowest BCUT2D eigenvalue weighted by Gasteiger charge is -2.40. The zero-order valence-corrected chi connectivity index (χ0v) is 26.2. The summed E-state index contributed by atoms with van der Waals surface area (Å²) in [4.78, 5) is 36.8. The Hall–Kier alpha value is -2.36. The topological polar surface area (TPSA) is 115 Å². The molecule has 42 heavy (non-hydrogen) atoms. The van der Waals surface area contributed by atoms with Gasteiger partial charge in [0.1, 0.15) is 6.04 Å². The van der Waals surface area contributed by atoms with Crippen molar-refractivity contribution in [2.45, 2.75) is 23.9 Å². The quantitative estimate of drug-likeness (QED) is 0.446. The Balaban J connectivity index is 0.00000353. The molecule has 0 saturated carbocycles. The number of piperazine rings is 1. The Kier molecular flexibility index (Phi) is 9.40. The normalized spacial score (nSPS) is 20.6.